The van der Waals surface area contributed by atoms with Crippen LogP contribution < -0.4 is 10.2 Å². The van der Waals surface area contributed by atoms with E-state index in [9.17, 15) is 9.59 Å². The van der Waals surface area contributed by atoms with Crippen LogP contribution in [0.25, 0.3) is 0 Å². The Morgan fingerprint density at radius 1 is 1.42 bits per heavy atom. The molecule has 1 unspecified atom stereocenters. The van der Waals surface area contributed by atoms with E-state index in [0.29, 0.717) is 36.9 Å². The number of fused-ring (bicyclic) bond motifs is 1. The summed E-state index contributed by atoms with van der Waals surface area (Å²) in [5.41, 5.74) is 2.29. The van der Waals surface area contributed by atoms with Crippen molar-refractivity contribution in [3.63, 3.8) is 0 Å². The molecule has 2 aromatic heterocycles. The van der Waals surface area contributed by atoms with E-state index in [1.165, 1.54) is 0 Å². The monoisotopic (exact) mass is 374 g/mol. The van der Waals surface area contributed by atoms with Crippen LogP contribution in [0.5, 0.6) is 0 Å². The quantitative estimate of drug-likeness (QED) is 0.818. The van der Waals surface area contributed by atoms with Gasteiger partial charge >= 0.3 is 6.03 Å². The molecule has 0 spiro atoms. The number of carbonyl (C=O) groups excluding carboxylic acids is 2. The molecule has 0 radical (unpaired) electrons. The lowest BCUT2D eigenvalue weighted by molar-refractivity contribution is -0.117. The molecule has 2 aliphatic rings. The minimum Gasteiger partial charge on any atom is -0.314 e. The molecule has 136 valence electrons. The Morgan fingerprint density at radius 2 is 2.27 bits per heavy atom. The van der Waals surface area contributed by atoms with Gasteiger partial charge in [0, 0.05) is 24.8 Å². The predicted octanol–water partition coefficient (Wildman–Crippen LogP) is 2.49. The van der Waals surface area contributed by atoms with Crippen molar-refractivity contribution >= 4 is 34.9 Å². The van der Waals surface area contributed by atoms with E-state index in [0.717, 1.165) is 17.8 Å². The molecule has 0 aromatic carbocycles. The number of urea groups is 1. The summed E-state index contributed by atoms with van der Waals surface area (Å²) in [5, 5.41) is 7.59. The Hall–Kier alpha value is -2.61. The lowest BCUT2D eigenvalue weighted by Crippen LogP contribution is -2.47. The highest BCUT2D eigenvalue weighted by molar-refractivity contribution is 6.29. The number of amides is 3. The van der Waals surface area contributed by atoms with Crippen molar-refractivity contribution in [1.29, 1.82) is 0 Å². The average molecular weight is 375 g/mol. The number of aromatic nitrogens is 3. The summed E-state index contributed by atoms with van der Waals surface area (Å²) in [5.74, 6) is 0.113. The molecule has 26 heavy (non-hydrogen) atoms. The van der Waals surface area contributed by atoms with Crippen LogP contribution in [0.1, 0.15) is 25.5 Å². The number of hydrogen-bond donors (Lipinski definition) is 1. The van der Waals surface area contributed by atoms with E-state index in [1.807, 2.05) is 11.6 Å². The van der Waals surface area contributed by atoms with Gasteiger partial charge in [-0.2, -0.15) is 5.10 Å². The summed E-state index contributed by atoms with van der Waals surface area (Å²) in [7, 11) is 0. The summed E-state index contributed by atoms with van der Waals surface area (Å²) in [6, 6.07) is 3.05. The van der Waals surface area contributed by atoms with Crippen LogP contribution in [0, 0.1) is 0 Å². The van der Waals surface area contributed by atoms with Gasteiger partial charge in [-0.15, -0.1) is 0 Å². The molecule has 2 aromatic rings. The minimum absolute atomic E-state index is 0.0261. The number of nitrogens with one attached hydrogen (secondary N) is 1. The number of halogens is 1. The van der Waals surface area contributed by atoms with Gasteiger partial charge in [0.25, 0.3) is 0 Å². The van der Waals surface area contributed by atoms with E-state index in [4.69, 9.17) is 11.6 Å². The molecule has 3 amide bonds. The maximum absolute atomic E-state index is 12.8. The van der Waals surface area contributed by atoms with Crippen LogP contribution in [0.2, 0.25) is 5.15 Å². The van der Waals surface area contributed by atoms with Crippen LogP contribution in [0.15, 0.2) is 24.5 Å². The predicted molar refractivity (Wildman–Crippen MR) is 97.1 cm³/mol. The van der Waals surface area contributed by atoms with Gasteiger partial charge in [-0.05, 0) is 25.5 Å². The van der Waals surface area contributed by atoms with E-state index < -0.39 is 0 Å². The highest BCUT2D eigenvalue weighted by Gasteiger charge is 2.33. The Morgan fingerprint density at radius 3 is 3.00 bits per heavy atom. The van der Waals surface area contributed by atoms with Gasteiger partial charge in [-0.25, -0.2) is 9.78 Å². The summed E-state index contributed by atoms with van der Waals surface area (Å²) in [4.78, 5) is 32.3. The van der Waals surface area contributed by atoms with Crippen molar-refractivity contribution < 1.29 is 9.59 Å². The first-order valence-corrected chi connectivity index (χ1v) is 8.95. The summed E-state index contributed by atoms with van der Waals surface area (Å²) in [6.45, 7) is 3.66. The fourth-order valence-corrected chi connectivity index (χ4v) is 3.64. The fourth-order valence-electron chi connectivity index (χ4n) is 3.46. The van der Waals surface area contributed by atoms with E-state index in [2.05, 4.69) is 15.4 Å². The van der Waals surface area contributed by atoms with Crippen molar-refractivity contribution in [2.75, 3.05) is 16.8 Å². The van der Waals surface area contributed by atoms with Gasteiger partial charge in [0.1, 0.15) is 5.15 Å². The third-order valence-electron chi connectivity index (χ3n) is 4.82. The van der Waals surface area contributed by atoms with E-state index >= 15 is 0 Å². The SMILES string of the molecule is CC1Cn2ncc(N3CCCC3=O)c2CN1C(=O)Nc1ccnc(Cl)c1. The molecule has 1 saturated heterocycles. The molecule has 9 heteroatoms. The standard InChI is InChI=1S/C17H19ClN6O2/c1-11-9-24-14(13(8-20-24)22-6-2-3-16(22)25)10-23(11)17(26)21-12-4-5-19-15(18)7-12/h4-5,7-8,11H,2-3,6,9-10H2,1H3,(H,19,21,26). The van der Waals surface area contributed by atoms with Crippen LogP contribution in [-0.2, 0) is 17.9 Å². The first-order chi connectivity index (χ1) is 12.5. The van der Waals surface area contributed by atoms with E-state index in [1.54, 1.807) is 34.3 Å². The van der Waals surface area contributed by atoms with Crippen LogP contribution in [0.4, 0.5) is 16.2 Å². The van der Waals surface area contributed by atoms with Crippen molar-refractivity contribution in [2.45, 2.75) is 38.9 Å². The Balaban J connectivity index is 1.56. The topological polar surface area (TPSA) is 83.4 Å². The highest BCUT2D eigenvalue weighted by atomic mass is 35.5. The summed E-state index contributed by atoms with van der Waals surface area (Å²) < 4.78 is 1.89. The molecule has 0 bridgehead atoms. The second-order valence-corrected chi connectivity index (χ2v) is 6.97. The zero-order chi connectivity index (χ0) is 18.3. The first kappa shape index (κ1) is 16.8. The number of anilines is 2. The molecule has 1 atom stereocenters. The highest BCUT2D eigenvalue weighted by Crippen LogP contribution is 2.30. The molecule has 0 saturated carbocycles. The maximum atomic E-state index is 12.8. The third kappa shape index (κ3) is 3.01. The van der Waals surface area contributed by atoms with Crippen molar-refractivity contribution in [1.82, 2.24) is 19.7 Å². The Bertz CT molecular complexity index is 867. The molecule has 1 N–H and O–H groups in total. The normalized spacial score (nSPS) is 19.6. The number of carbonyl (C=O) groups is 2. The maximum Gasteiger partial charge on any atom is 0.322 e. The van der Waals surface area contributed by atoms with Gasteiger partial charge in [-0.3, -0.25) is 9.48 Å². The third-order valence-corrected chi connectivity index (χ3v) is 5.03. The summed E-state index contributed by atoms with van der Waals surface area (Å²) >= 11 is 5.88. The smallest absolute Gasteiger partial charge is 0.314 e. The second kappa shape index (κ2) is 6.60. The average Bonchev–Trinajstić information content (AvgIpc) is 3.19. The fraction of sp³-hybridized carbons (Fsp3) is 0.412. The Kier molecular flexibility index (Phi) is 4.28. The van der Waals surface area contributed by atoms with Crippen molar-refractivity contribution in [3.8, 4) is 0 Å². The molecular weight excluding hydrogens is 356 g/mol. The van der Waals surface area contributed by atoms with Crippen molar-refractivity contribution in [2.24, 2.45) is 0 Å². The molecule has 4 heterocycles. The lowest BCUT2D eigenvalue weighted by atomic mass is 10.2. The molecule has 0 aliphatic carbocycles. The van der Waals surface area contributed by atoms with Gasteiger partial charge in [0.05, 0.1) is 36.7 Å². The van der Waals surface area contributed by atoms with Crippen molar-refractivity contribution in [3.05, 3.63) is 35.4 Å². The van der Waals surface area contributed by atoms with Gasteiger partial charge in [-0.1, -0.05) is 11.6 Å². The molecule has 2 aliphatic heterocycles. The van der Waals surface area contributed by atoms with Crippen LogP contribution in [-0.4, -0.2) is 44.2 Å². The van der Waals surface area contributed by atoms with Gasteiger partial charge < -0.3 is 15.1 Å². The zero-order valence-electron chi connectivity index (χ0n) is 14.4. The largest absolute Gasteiger partial charge is 0.322 e. The Labute approximate surface area is 155 Å². The number of hydrogen-bond acceptors (Lipinski definition) is 4. The second-order valence-electron chi connectivity index (χ2n) is 6.58. The zero-order valence-corrected chi connectivity index (χ0v) is 15.1. The molecule has 1 fully saturated rings. The molecule has 4 rings (SSSR count). The number of nitrogens with zero attached hydrogens (tertiary/aromatic N) is 5. The van der Waals surface area contributed by atoms with Crippen LogP contribution in [0.3, 0.4) is 0 Å². The van der Waals surface area contributed by atoms with Gasteiger partial charge in [0.2, 0.25) is 5.91 Å². The minimum atomic E-state index is -0.217. The number of rotatable bonds is 2. The lowest BCUT2D eigenvalue weighted by Gasteiger charge is -2.35. The van der Waals surface area contributed by atoms with E-state index in [-0.39, 0.29) is 18.0 Å². The summed E-state index contributed by atoms with van der Waals surface area (Å²) in [6.07, 6.45) is 4.69. The first-order valence-electron chi connectivity index (χ1n) is 8.57. The molecule has 8 nitrogen and oxygen atoms in total. The van der Waals surface area contributed by atoms with Crippen LogP contribution >= 0.6 is 11.6 Å². The number of pyridine rings is 1. The molecular formula is C17H19ClN6O2. The van der Waals surface area contributed by atoms with Gasteiger partial charge in [0.15, 0.2) is 0 Å².